The number of aromatic nitrogens is 1. The van der Waals surface area contributed by atoms with Gasteiger partial charge in [-0.3, -0.25) is 9.54 Å². The summed E-state index contributed by atoms with van der Waals surface area (Å²) in [5.41, 5.74) is 0. The quantitative estimate of drug-likeness (QED) is 0.375. The third-order valence-corrected chi connectivity index (χ3v) is 4.28. The van der Waals surface area contributed by atoms with Gasteiger partial charge in [-0.05, 0) is 25.0 Å². The van der Waals surface area contributed by atoms with Crippen molar-refractivity contribution in [2.45, 2.75) is 54.6 Å². The molecule has 17 heteroatoms. The van der Waals surface area contributed by atoms with E-state index in [-0.39, 0.29) is 0 Å². The maximum atomic E-state index is 13.1. The number of alkyl halides is 12. The van der Waals surface area contributed by atoms with E-state index in [1.165, 1.54) is 0 Å². The predicted octanol–water partition coefficient (Wildman–Crippen LogP) is 5.53. The van der Waals surface area contributed by atoms with Gasteiger partial charge in [0, 0.05) is 18.8 Å². The van der Waals surface area contributed by atoms with Gasteiger partial charge in [-0.2, -0.15) is 56.7 Å². The van der Waals surface area contributed by atoms with Gasteiger partial charge in [0.2, 0.25) is 0 Å². The second-order valence-corrected chi connectivity index (χ2v) is 7.23. The summed E-state index contributed by atoms with van der Waals surface area (Å²) in [6, 6.07) is 5.72. The Kier molecular flexibility index (Phi) is 9.23. The van der Waals surface area contributed by atoms with E-state index in [0.29, 0.717) is 0 Å². The number of hydrogen-bond acceptors (Lipinski definition) is 3. The maximum absolute atomic E-state index is 13.1. The summed E-state index contributed by atoms with van der Waals surface area (Å²) in [5.74, 6) is -21.6. The second kappa shape index (κ2) is 9.79. The Balaban J connectivity index is 0.00000127. The molecule has 0 aliphatic heterocycles. The molecule has 1 N–H and O–H groups in total. The van der Waals surface area contributed by atoms with Crippen LogP contribution in [0.25, 0.3) is 0 Å². The molecule has 4 nitrogen and oxygen atoms in total. The summed E-state index contributed by atoms with van der Waals surface area (Å²) < 4.78 is 180. The van der Waals surface area contributed by atoms with Crippen LogP contribution in [-0.4, -0.2) is 53.3 Å². The molecule has 0 saturated carbocycles. The summed E-state index contributed by atoms with van der Waals surface area (Å²) in [5, 5.41) is -7.14. The Morgan fingerprint density at radius 1 is 0.806 bits per heavy atom. The van der Waals surface area contributed by atoms with Gasteiger partial charge in [-0.15, -0.1) is 0 Å². The SMILES string of the molecule is O=S(=O)(O)C(F)(F)C(F)(F)C(F)(F)C(F)(F)C(F)CCCC(F)(F)F.c1ccncc1. The highest BCUT2D eigenvalue weighted by Crippen LogP contribution is 2.55. The summed E-state index contributed by atoms with van der Waals surface area (Å²) in [6.07, 6.45) is -11.6. The van der Waals surface area contributed by atoms with Crippen molar-refractivity contribution in [3.8, 4) is 0 Å². The van der Waals surface area contributed by atoms with Crippen LogP contribution in [0, 0.1) is 0 Å². The van der Waals surface area contributed by atoms with Crippen molar-refractivity contribution in [2.75, 3.05) is 0 Å². The van der Waals surface area contributed by atoms with Crippen LogP contribution < -0.4 is 0 Å². The molecule has 1 unspecified atom stereocenters. The molecule has 1 aromatic rings. The minimum Gasteiger partial charge on any atom is -0.281 e. The number of nitrogens with zero attached hydrogens (tertiary/aromatic N) is 1. The molecule has 1 heterocycles. The Labute approximate surface area is 167 Å². The molecule has 1 aromatic heterocycles. The first-order chi connectivity index (χ1) is 13.6. The molecule has 1 atom stereocenters. The molecule has 1 rings (SSSR count). The molecule has 0 amide bonds. The molecule has 0 aromatic carbocycles. The molecule has 0 bridgehead atoms. The first kappa shape index (κ1) is 29.2. The van der Waals surface area contributed by atoms with Gasteiger partial charge in [0.15, 0.2) is 6.17 Å². The molecule has 0 saturated heterocycles. The zero-order valence-corrected chi connectivity index (χ0v) is 15.6. The van der Waals surface area contributed by atoms with Crippen molar-refractivity contribution < 1.29 is 65.7 Å². The first-order valence-corrected chi connectivity index (χ1v) is 9.11. The fourth-order valence-electron chi connectivity index (χ4n) is 1.73. The van der Waals surface area contributed by atoms with E-state index in [1.807, 2.05) is 18.2 Å². The lowest BCUT2D eigenvalue weighted by molar-refractivity contribution is -0.359. The van der Waals surface area contributed by atoms with Gasteiger partial charge in [0.25, 0.3) is 0 Å². The highest BCUT2D eigenvalue weighted by molar-refractivity contribution is 7.87. The number of rotatable bonds is 8. The summed E-state index contributed by atoms with van der Waals surface area (Å²) >= 11 is 0. The normalized spacial score (nSPS) is 15.1. The standard InChI is InChI=1S/C9H8F12O3S.C5H5N/c10-4(2-1-3-5(11,12)13)6(14,15)7(16,17)8(18,19)9(20,21)25(22,23)24;1-2-4-6-5-3-1/h4H,1-3H2,(H,22,23,24);1-5H. The molecule has 31 heavy (non-hydrogen) atoms. The van der Waals surface area contributed by atoms with Gasteiger partial charge in [0.1, 0.15) is 0 Å². The molecule has 0 spiro atoms. The van der Waals surface area contributed by atoms with Crippen LogP contribution in [0.2, 0.25) is 0 Å². The van der Waals surface area contributed by atoms with Crippen LogP contribution in [0.1, 0.15) is 19.3 Å². The van der Waals surface area contributed by atoms with Gasteiger partial charge in [-0.25, -0.2) is 4.39 Å². The van der Waals surface area contributed by atoms with Crippen LogP contribution >= 0.6 is 0 Å². The van der Waals surface area contributed by atoms with E-state index < -0.39 is 64.8 Å². The van der Waals surface area contributed by atoms with Crippen molar-refractivity contribution in [2.24, 2.45) is 0 Å². The van der Waals surface area contributed by atoms with Crippen molar-refractivity contribution in [1.29, 1.82) is 0 Å². The lowest BCUT2D eigenvalue weighted by Gasteiger charge is -2.36. The molecule has 0 radical (unpaired) electrons. The van der Waals surface area contributed by atoms with Crippen LogP contribution in [0.3, 0.4) is 0 Å². The number of pyridine rings is 1. The Hall–Kier alpha value is -1.78. The van der Waals surface area contributed by atoms with Crippen molar-refractivity contribution in [1.82, 2.24) is 4.98 Å². The van der Waals surface area contributed by atoms with E-state index in [0.717, 1.165) is 0 Å². The highest BCUT2D eigenvalue weighted by atomic mass is 32.2. The highest BCUT2D eigenvalue weighted by Gasteiger charge is 2.85. The van der Waals surface area contributed by atoms with Crippen LogP contribution in [0.4, 0.5) is 52.7 Å². The van der Waals surface area contributed by atoms with Crippen LogP contribution in [0.15, 0.2) is 30.6 Å². The molecular formula is C14H13F12NO3S. The fraction of sp³-hybridized carbons (Fsp3) is 0.643. The van der Waals surface area contributed by atoms with E-state index in [2.05, 4.69) is 4.98 Å². The predicted molar refractivity (Wildman–Crippen MR) is 80.4 cm³/mol. The molecule has 0 aliphatic carbocycles. The minimum absolute atomic E-state index is 1.57. The Morgan fingerprint density at radius 2 is 1.26 bits per heavy atom. The molecule has 182 valence electrons. The first-order valence-electron chi connectivity index (χ1n) is 7.67. The minimum atomic E-state index is -7.49. The van der Waals surface area contributed by atoms with Crippen LogP contribution in [-0.2, 0) is 10.1 Å². The lowest BCUT2D eigenvalue weighted by atomic mass is 9.97. The fourth-order valence-corrected chi connectivity index (χ4v) is 2.18. The van der Waals surface area contributed by atoms with Crippen molar-refractivity contribution in [3.05, 3.63) is 30.6 Å². The van der Waals surface area contributed by atoms with Gasteiger partial charge in [-0.1, -0.05) is 6.07 Å². The summed E-state index contributed by atoms with van der Waals surface area (Å²) in [7, 11) is -7.33. The van der Waals surface area contributed by atoms with Crippen molar-refractivity contribution in [3.63, 3.8) is 0 Å². The molecule has 0 aliphatic rings. The average Bonchev–Trinajstić information content (AvgIpc) is 2.61. The van der Waals surface area contributed by atoms with Crippen LogP contribution in [0.5, 0.6) is 0 Å². The van der Waals surface area contributed by atoms with E-state index in [9.17, 15) is 61.1 Å². The monoisotopic (exact) mass is 503 g/mol. The average molecular weight is 503 g/mol. The molecule has 0 fully saturated rings. The topological polar surface area (TPSA) is 67.3 Å². The molecular weight excluding hydrogens is 490 g/mol. The maximum Gasteiger partial charge on any atom is 0.438 e. The van der Waals surface area contributed by atoms with E-state index in [4.69, 9.17) is 4.55 Å². The van der Waals surface area contributed by atoms with Gasteiger partial charge in [0.05, 0.1) is 0 Å². The summed E-state index contributed by atoms with van der Waals surface area (Å²) in [4.78, 5) is 3.78. The van der Waals surface area contributed by atoms with Gasteiger partial charge >= 0.3 is 39.3 Å². The smallest absolute Gasteiger partial charge is 0.281 e. The zero-order chi connectivity index (χ0) is 24.9. The second-order valence-electron chi connectivity index (χ2n) is 5.76. The number of hydrogen-bond donors (Lipinski definition) is 1. The van der Waals surface area contributed by atoms with Crippen molar-refractivity contribution >= 4 is 10.1 Å². The Bertz CT molecular complexity index is 757. The third-order valence-electron chi connectivity index (χ3n) is 3.38. The lowest BCUT2D eigenvalue weighted by Crippen LogP contribution is -2.66. The largest absolute Gasteiger partial charge is 0.438 e. The summed E-state index contributed by atoms with van der Waals surface area (Å²) in [6.45, 7) is 0. The number of halogens is 12. The van der Waals surface area contributed by atoms with Gasteiger partial charge < -0.3 is 0 Å². The van der Waals surface area contributed by atoms with E-state index in [1.54, 1.807) is 12.4 Å². The van der Waals surface area contributed by atoms with E-state index >= 15 is 0 Å². The zero-order valence-electron chi connectivity index (χ0n) is 14.7. The Morgan fingerprint density at radius 3 is 1.55 bits per heavy atom. The third kappa shape index (κ3) is 6.85.